The lowest BCUT2D eigenvalue weighted by atomic mass is 10.2. The maximum Gasteiger partial charge on any atom is 0.336 e. The van der Waals surface area contributed by atoms with E-state index in [1.54, 1.807) is 54.6 Å². The van der Waals surface area contributed by atoms with Crippen LogP contribution in [0.25, 0.3) is 6.08 Å². The highest BCUT2D eigenvalue weighted by Crippen LogP contribution is 2.19. The normalized spacial score (nSPS) is 10.4. The van der Waals surface area contributed by atoms with Gasteiger partial charge in [-0.1, -0.05) is 25.3 Å². The Kier molecular flexibility index (Phi) is 13.5. The topological polar surface area (TPSA) is 118 Å². The van der Waals surface area contributed by atoms with Crippen LogP contribution in [0.2, 0.25) is 0 Å². The van der Waals surface area contributed by atoms with E-state index in [0.717, 1.165) is 11.6 Å². The average molecular weight is 525 g/mol. The quantitative estimate of drug-likeness (QED) is 0.141. The summed E-state index contributed by atoms with van der Waals surface area (Å²) in [5.74, 6) is 0.0762. The zero-order chi connectivity index (χ0) is 27.6. The van der Waals surface area contributed by atoms with Gasteiger partial charge in [0, 0.05) is 18.6 Å². The van der Waals surface area contributed by atoms with E-state index in [4.69, 9.17) is 28.8 Å². The molecule has 9 nitrogen and oxygen atoms in total. The van der Waals surface area contributed by atoms with Gasteiger partial charge in [-0.15, -0.1) is 0 Å². The predicted octanol–water partition coefficient (Wildman–Crippen LogP) is 4.05. The summed E-state index contributed by atoms with van der Waals surface area (Å²) in [5, 5.41) is 8.81. The summed E-state index contributed by atoms with van der Waals surface area (Å²) in [6, 6.07) is 13.8. The lowest BCUT2D eigenvalue weighted by molar-refractivity contribution is -0.140. The van der Waals surface area contributed by atoms with E-state index < -0.39 is 24.5 Å². The SMILES string of the molecule is C=CC(=O)OCCCOc1ccc(/C=C/C(=O)Oc2ccc(OCCCCOC(=O)C(=C)CO)cc2)cc1. The van der Waals surface area contributed by atoms with Gasteiger partial charge in [0.1, 0.15) is 17.2 Å². The van der Waals surface area contributed by atoms with Crippen molar-refractivity contribution in [3.63, 3.8) is 0 Å². The van der Waals surface area contributed by atoms with E-state index in [9.17, 15) is 14.4 Å². The van der Waals surface area contributed by atoms with Crippen molar-refractivity contribution in [1.29, 1.82) is 0 Å². The van der Waals surface area contributed by atoms with Crippen LogP contribution >= 0.6 is 0 Å². The number of ether oxygens (including phenoxy) is 5. The number of aliphatic hydroxyl groups excluding tert-OH is 1. The molecule has 0 saturated carbocycles. The van der Waals surface area contributed by atoms with Gasteiger partial charge in [0.15, 0.2) is 0 Å². The van der Waals surface area contributed by atoms with Gasteiger partial charge in [-0.05, 0) is 60.9 Å². The van der Waals surface area contributed by atoms with Gasteiger partial charge >= 0.3 is 17.9 Å². The molecule has 0 aliphatic carbocycles. The summed E-state index contributed by atoms with van der Waals surface area (Å²) in [6.45, 7) is 7.61. The molecule has 0 aliphatic heterocycles. The largest absolute Gasteiger partial charge is 0.494 e. The van der Waals surface area contributed by atoms with Crippen LogP contribution < -0.4 is 14.2 Å². The van der Waals surface area contributed by atoms with Crippen molar-refractivity contribution in [2.75, 3.05) is 33.0 Å². The van der Waals surface area contributed by atoms with Gasteiger partial charge in [0.25, 0.3) is 0 Å². The molecule has 0 fully saturated rings. The van der Waals surface area contributed by atoms with E-state index in [2.05, 4.69) is 13.2 Å². The second-order valence-corrected chi connectivity index (χ2v) is 7.82. The molecule has 2 rings (SSSR count). The molecule has 0 bridgehead atoms. The number of hydrogen-bond acceptors (Lipinski definition) is 9. The highest BCUT2D eigenvalue weighted by Gasteiger charge is 2.06. The molecule has 0 radical (unpaired) electrons. The number of unbranched alkanes of at least 4 members (excludes halogenated alkanes) is 1. The molecule has 2 aromatic carbocycles. The van der Waals surface area contributed by atoms with Crippen LogP contribution in [0.15, 0.2) is 79.4 Å². The first kappa shape index (κ1) is 29.9. The molecule has 0 aromatic heterocycles. The minimum absolute atomic E-state index is 0.0247. The van der Waals surface area contributed by atoms with Gasteiger partial charge in [-0.25, -0.2) is 14.4 Å². The Balaban J connectivity index is 1.64. The summed E-state index contributed by atoms with van der Waals surface area (Å²) in [4.78, 5) is 34.5. The second kappa shape index (κ2) is 17.1. The van der Waals surface area contributed by atoms with Crippen molar-refractivity contribution in [2.24, 2.45) is 0 Å². The fourth-order valence-corrected chi connectivity index (χ4v) is 2.80. The number of rotatable bonds is 17. The molecule has 0 amide bonds. The molecule has 0 atom stereocenters. The van der Waals surface area contributed by atoms with E-state index in [1.807, 2.05) is 0 Å². The summed E-state index contributed by atoms with van der Waals surface area (Å²) >= 11 is 0. The zero-order valence-electron chi connectivity index (χ0n) is 21.1. The third-order valence-electron chi connectivity index (χ3n) is 4.82. The molecule has 0 spiro atoms. The number of carbonyl (C=O) groups is 3. The summed E-state index contributed by atoms with van der Waals surface area (Å²) in [5.41, 5.74) is 0.822. The molecular formula is C29H32O9. The van der Waals surface area contributed by atoms with E-state index in [-0.39, 0.29) is 18.8 Å². The Morgan fingerprint density at radius 1 is 0.737 bits per heavy atom. The molecule has 0 heterocycles. The highest BCUT2D eigenvalue weighted by molar-refractivity contribution is 5.89. The van der Waals surface area contributed by atoms with Crippen molar-refractivity contribution in [2.45, 2.75) is 19.3 Å². The molecular weight excluding hydrogens is 492 g/mol. The predicted molar refractivity (Wildman–Crippen MR) is 141 cm³/mol. The van der Waals surface area contributed by atoms with Crippen LogP contribution in [0.5, 0.6) is 17.2 Å². The van der Waals surface area contributed by atoms with Gasteiger partial charge in [0.2, 0.25) is 0 Å². The first-order valence-electron chi connectivity index (χ1n) is 12.0. The van der Waals surface area contributed by atoms with Gasteiger partial charge in [0.05, 0.1) is 38.6 Å². The van der Waals surface area contributed by atoms with Crippen LogP contribution in [0.1, 0.15) is 24.8 Å². The van der Waals surface area contributed by atoms with E-state index in [0.29, 0.717) is 49.7 Å². The van der Waals surface area contributed by atoms with Crippen molar-refractivity contribution < 1.29 is 43.2 Å². The highest BCUT2D eigenvalue weighted by atomic mass is 16.5. The Morgan fingerprint density at radius 2 is 1.29 bits per heavy atom. The van der Waals surface area contributed by atoms with Crippen LogP contribution in [0.4, 0.5) is 0 Å². The standard InChI is InChI=1S/C29H32O9/c1-3-27(31)36-20-6-19-35-24-10-7-23(8-11-24)9-16-28(32)38-26-14-12-25(13-15-26)34-17-4-5-18-37-29(33)22(2)21-30/h3,7-16,30H,1-2,4-6,17-21H2/b16-9+. The van der Waals surface area contributed by atoms with Crippen LogP contribution in [0.3, 0.4) is 0 Å². The van der Waals surface area contributed by atoms with Gasteiger partial charge in [-0.3, -0.25) is 0 Å². The third-order valence-corrected chi connectivity index (χ3v) is 4.82. The molecule has 0 unspecified atom stereocenters. The number of benzene rings is 2. The molecule has 38 heavy (non-hydrogen) atoms. The Labute approximate surface area is 221 Å². The number of aliphatic hydroxyl groups is 1. The first-order chi connectivity index (χ1) is 18.4. The fraction of sp³-hybridized carbons (Fsp3) is 0.276. The molecule has 1 N–H and O–H groups in total. The Bertz CT molecular complexity index is 1090. The summed E-state index contributed by atoms with van der Waals surface area (Å²) in [7, 11) is 0. The van der Waals surface area contributed by atoms with Crippen LogP contribution in [0, 0.1) is 0 Å². The molecule has 2 aromatic rings. The molecule has 0 aliphatic rings. The molecule has 202 valence electrons. The van der Waals surface area contributed by atoms with Crippen LogP contribution in [-0.2, 0) is 23.9 Å². The minimum Gasteiger partial charge on any atom is -0.494 e. The van der Waals surface area contributed by atoms with Crippen molar-refractivity contribution >= 4 is 24.0 Å². The Hall–Kier alpha value is -4.37. The second-order valence-electron chi connectivity index (χ2n) is 7.82. The summed E-state index contributed by atoms with van der Waals surface area (Å²) < 4.78 is 26.3. The lowest BCUT2D eigenvalue weighted by Crippen LogP contribution is -2.11. The summed E-state index contributed by atoms with van der Waals surface area (Å²) in [6.07, 6.45) is 5.91. The fourth-order valence-electron chi connectivity index (χ4n) is 2.80. The van der Waals surface area contributed by atoms with Crippen molar-refractivity contribution in [1.82, 2.24) is 0 Å². The molecule has 9 heteroatoms. The van der Waals surface area contributed by atoms with Gasteiger partial charge < -0.3 is 28.8 Å². The Morgan fingerprint density at radius 3 is 1.92 bits per heavy atom. The number of esters is 3. The van der Waals surface area contributed by atoms with Gasteiger partial charge in [-0.2, -0.15) is 0 Å². The average Bonchev–Trinajstić information content (AvgIpc) is 2.94. The lowest BCUT2D eigenvalue weighted by Gasteiger charge is -2.08. The van der Waals surface area contributed by atoms with E-state index in [1.165, 1.54) is 6.08 Å². The first-order valence-corrected chi connectivity index (χ1v) is 12.0. The van der Waals surface area contributed by atoms with Crippen molar-refractivity contribution in [3.05, 3.63) is 85.0 Å². The smallest absolute Gasteiger partial charge is 0.336 e. The maximum absolute atomic E-state index is 12.1. The van der Waals surface area contributed by atoms with Crippen LogP contribution in [-0.4, -0.2) is 56.0 Å². The monoisotopic (exact) mass is 524 g/mol. The number of carbonyl (C=O) groups excluding carboxylic acids is 3. The van der Waals surface area contributed by atoms with E-state index >= 15 is 0 Å². The number of hydrogen-bond donors (Lipinski definition) is 1. The maximum atomic E-state index is 12.1. The minimum atomic E-state index is -0.602. The molecule has 0 saturated heterocycles. The van der Waals surface area contributed by atoms with Crippen molar-refractivity contribution in [3.8, 4) is 17.2 Å². The zero-order valence-corrected chi connectivity index (χ0v) is 21.1. The third kappa shape index (κ3) is 12.0.